The van der Waals surface area contributed by atoms with Crippen LogP contribution in [0.25, 0.3) is 0 Å². The maximum atomic E-state index is 4.47. The van der Waals surface area contributed by atoms with E-state index in [9.17, 15) is 0 Å². The normalized spacial score (nSPS) is 15.2. The van der Waals surface area contributed by atoms with E-state index < -0.39 is 0 Å². The summed E-state index contributed by atoms with van der Waals surface area (Å²) >= 11 is 0. The molecule has 0 saturated carbocycles. The van der Waals surface area contributed by atoms with Gasteiger partial charge in [-0.1, -0.05) is 19.1 Å². The molecule has 0 bridgehead atoms. The number of aromatic nitrogens is 2. The Kier molecular flexibility index (Phi) is 4.50. The van der Waals surface area contributed by atoms with Gasteiger partial charge < -0.3 is 10.2 Å². The molecule has 0 aromatic carbocycles. The standard InChI is InChI=1S/C13H20N4/c1-2-6-14-9-12-10-16-13(11-15-12)17-7-4-3-5-8-17/h3-4,10-11,14H,2,5-9H2,1H3. The zero-order valence-electron chi connectivity index (χ0n) is 10.4. The average molecular weight is 232 g/mol. The summed E-state index contributed by atoms with van der Waals surface area (Å²) < 4.78 is 0. The molecule has 1 aromatic rings. The minimum atomic E-state index is 0.807. The Bertz CT molecular complexity index is 358. The third-order valence-corrected chi connectivity index (χ3v) is 2.81. The van der Waals surface area contributed by atoms with E-state index in [1.54, 1.807) is 0 Å². The highest BCUT2D eigenvalue weighted by atomic mass is 15.2. The molecule has 0 spiro atoms. The highest BCUT2D eigenvalue weighted by Gasteiger charge is 2.08. The number of rotatable bonds is 5. The molecule has 0 aliphatic carbocycles. The molecule has 0 amide bonds. The van der Waals surface area contributed by atoms with Crippen LogP contribution in [0.15, 0.2) is 24.5 Å². The summed E-state index contributed by atoms with van der Waals surface area (Å²) in [7, 11) is 0. The van der Waals surface area contributed by atoms with Crippen LogP contribution in [-0.2, 0) is 6.54 Å². The Balaban J connectivity index is 1.90. The third kappa shape index (κ3) is 3.53. The Hall–Kier alpha value is -1.42. The zero-order chi connectivity index (χ0) is 11.9. The lowest BCUT2D eigenvalue weighted by molar-refractivity contribution is 0.661. The lowest BCUT2D eigenvalue weighted by Crippen LogP contribution is -2.27. The second-order valence-electron chi connectivity index (χ2n) is 4.25. The fourth-order valence-corrected chi connectivity index (χ4v) is 1.85. The molecule has 4 heteroatoms. The van der Waals surface area contributed by atoms with Crippen molar-refractivity contribution < 1.29 is 0 Å². The van der Waals surface area contributed by atoms with Crippen molar-refractivity contribution in [1.29, 1.82) is 0 Å². The quantitative estimate of drug-likeness (QED) is 0.620. The summed E-state index contributed by atoms with van der Waals surface area (Å²) in [4.78, 5) is 11.2. The Labute approximate surface area is 103 Å². The van der Waals surface area contributed by atoms with E-state index in [2.05, 4.69) is 39.3 Å². The van der Waals surface area contributed by atoms with Crippen molar-refractivity contribution in [1.82, 2.24) is 15.3 Å². The summed E-state index contributed by atoms with van der Waals surface area (Å²) in [5, 5.41) is 3.32. The van der Waals surface area contributed by atoms with E-state index in [0.717, 1.165) is 50.5 Å². The van der Waals surface area contributed by atoms with Crippen molar-refractivity contribution in [3.8, 4) is 0 Å². The molecule has 17 heavy (non-hydrogen) atoms. The molecule has 1 aromatic heterocycles. The van der Waals surface area contributed by atoms with Crippen LogP contribution >= 0.6 is 0 Å². The summed E-state index contributed by atoms with van der Waals surface area (Å²) in [5.41, 5.74) is 1.01. The van der Waals surface area contributed by atoms with E-state index in [4.69, 9.17) is 0 Å². The van der Waals surface area contributed by atoms with Crippen LogP contribution in [0.1, 0.15) is 25.5 Å². The van der Waals surface area contributed by atoms with Gasteiger partial charge in [-0.25, -0.2) is 4.98 Å². The van der Waals surface area contributed by atoms with Gasteiger partial charge in [0.15, 0.2) is 0 Å². The summed E-state index contributed by atoms with van der Waals surface area (Å²) in [6.07, 6.45) is 10.4. The van der Waals surface area contributed by atoms with E-state index in [-0.39, 0.29) is 0 Å². The van der Waals surface area contributed by atoms with Gasteiger partial charge in [0.05, 0.1) is 18.1 Å². The number of nitrogens with one attached hydrogen (secondary N) is 1. The van der Waals surface area contributed by atoms with Crippen molar-refractivity contribution in [2.45, 2.75) is 26.3 Å². The van der Waals surface area contributed by atoms with E-state index in [1.165, 1.54) is 0 Å². The van der Waals surface area contributed by atoms with Gasteiger partial charge >= 0.3 is 0 Å². The van der Waals surface area contributed by atoms with Gasteiger partial charge in [-0.15, -0.1) is 0 Å². The van der Waals surface area contributed by atoms with Gasteiger partial charge in [0.1, 0.15) is 5.82 Å². The molecule has 0 saturated heterocycles. The molecule has 0 atom stereocenters. The van der Waals surface area contributed by atoms with Gasteiger partial charge in [-0.2, -0.15) is 0 Å². The van der Waals surface area contributed by atoms with Crippen molar-refractivity contribution in [3.63, 3.8) is 0 Å². The molecule has 4 nitrogen and oxygen atoms in total. The summed E-state index contributed by atoms with van der Waals surface area (Å²) in [6, 6.07) is 0. The first-order chi connectivity index (χ1) is 8.40. The number of nitrogens with zero attached hydrogens (tertiary/aromatic N) is 3. The first-order valence-electron chi connectivity index (χ1n) is 6.31. The molecule has 2 rings (SSSR count). The second kappa shape index (κ2) is 6.35. The van der Waals surface area contributed by atoms with Crippen LogP contribution in [-0.4, -0.2) is 29.6 Å². The van der Waals surface area contributed by atoms with Crippen LogP contribution in [0, 0.1) is 0 Å². The minimum Gasteiger partial charge on any atom is -0.351 e. The number of hydrogen-bond donors (Lipinski definition) is 1. The Morgan fingerprint density at radius 1 is 1.29 bits per heavy atom. The van der Waals surface area contributed by atoms with E-state index in [0.29, 0.717) is 0 Å². The van der Waals surface area contributed by atoms with Crippen LogP contribution in [0.5, 0.6) is 0 Å². The zero-order valence-corrected chi connectivity index (χ0v) is 10.4. The molecule has 1 N–H and O–H groups in total. The van der Waals surface area contributed by atoms with Crippen LogP contribution in [0.2, 0.25) is 0 Å². The van der Waals surface area contributed by atoms with Crippen LogP contribution in [0.4, 0.5) is 5.82 Å². The topological polar surface area (TPSA) is 41.1 Å². The molecule has 0 unspecified atom stereocenters. The molecular formula is C13H20N4. The van der Waals surface area contributed by atoms with Crippen molar-refractivity contribution in [2.24, 2.45) is 0 Å². The fourth-order valence-electron chi connectivity index (χ4n) is 1.85. The van der Waals surface area contributed by atoms with Crippen LogP contribution in [0.3, 0.4) is 0 Å². The van der Waals surface area contributed by atoms with E-state index in [1.807, 2.05) is 12.4 Å². The average Bonchev–Trinajstić information content (AvgIpc) is 2.41. The maximum Gasteiger partial charge on any atom is 0.147 e. The first-order valence-corrected chi connectivity index (χ1v) is 6.31. The highest BCUT2D eigenvalue weighted by molar-refractivity contribution is 5.37. The van der Waals surface area contributed by atoms with Gasteiger partial charge in [-0.3, -0.25) is 4.98 Å². The molecule has 92 valence electrons. The van der Waals surface area contributed by atoms with Gasteiger partial charge in [0, 0.05) is 19.6 Å². The lowest BCUT2D eigenvalue weighted by atomic mass is 10.2. The fraction of sp³-hybridized carbons (Fsp3) is 0.538. The van der Waals surface area contributed by atoms with Gasteiger partial charge in [-0.05, 0) is 19.4 Å². The predicted octanol–water partition coefficient (Wildman–Crippen LogP) is 1.74. The highest BCUT2D eigenvalue weighted by Crippen LogP contribution is 2.12. The van der Waals surface area contributed by atoms with Gasteiger partial charge in [0.2, 0.25) is 0 Å². The van der Waals surface area contributed by atoms with Crippen LogP contribution < -0.4 is 10.2 Å². The predicted molar refractivity (Wildman–Crippen MR) is 70.0 cm³/mol. The molecule has 1 aliphatic rings. The first kappa shape index (κ1) is 12.0. The lowest BCUT2D eigenvalue weighted by Gasteiger charge is -2.23. The second-order valence-corrected chi connectivity index (χ2v) is 4.25. The largest absolute Gasteiger partial charge is 0.351 e. The maximum absolute atomic E-state index is 4.47. The smallest absolute Gasteiger partial charge is 0.147 e. The monoisotopic (exact) mass is 232 g/mol. The van der Waals surface area contributed by atoms with Crippen molar-refractivity contribution >= 4 is 5.82 Å². The molecule has 0 fully saturated rings. The summed E-state index contributed by atoms with van der Waals surface area (Å²) in [5.74, 6) is 0.980. The van der Waals surface area contributed by atoms with Gasteiger partial charge in [0.25, 0.3) is 0 Å². The Morgan fingerprint density at radius 3 is 2.88 bits per heavy atom. The third-order valence-electron chi connectivity index (χ3n) is 2.81. The number of anilines is 1. The summed E-state index contributed by atoms with van der Waals surface area (Å²) in [6.45, 7) is 5.98. The SMILES string of the molecule is CCCNCc1cnc(N2CC=CCC2)cn1. The van der Waals surface area contributed by atoms with Crippen molar-refractivity contribution in [2.75, 3.05) is 24.5 Å². The minimum absolute atomic E-state index is 0.807. The molecule has 0 radical (unpaired) electrons. The number of hydrogen-bond acceptors (Lipinski definition) is 4. The molecule has 2 heterocycles. The Morgan fingerprint density at radius 2 is 2.24 bits per heavy atom. The molecule has 1 aliphatic heterocycles. The molecular weight excluding hydrogens is 212 g/mol. The van der Waals surface area contributed by atoms with E-state index >= 15 is 0 Å². The van der Waals surface area contributed by atoms with Crippen molar-refractivity contribution in [3.05, 3.63) is 30.2 Å².